The molecule has 18 heavy (non-hydrogen) atoms. The lowest BCUT2D eigenvalue weighted by Gasteiger charge is -2.04. The lowest BCUT2D eigenvalue weighted by molar-refractivity contribution is 0.101. The van der Waals surface area contributed by atoms with Gasteiger partial charge in [0.1, 0.15) is 0 Å². The first-order valence-corrected chi connectivity index (χ1v) is 6.29. The topological polar surface area (TPSA) is 62.8 Å². The Morgan fingerprint density at radius 1 is 1.39 bits per heavy atom. The molecule has 1 aromatic heterocycles. The zero-order valence-electron chi connectivity index (χ0n) is 9.44. The molecule has 0 aliphatic carbocycles. The summed E-state index contributed by atoms with van der Waals surface area (Å²) < 4.78 is 0. The Kier molecular flexibility index (Phi) is 3.84. The Morgan fingerprint density at radius 3 is 2.78 bits per heavy atom. The molecule has 1 heterocycles. The van der Waals surface area contributed by atoms with Gasteiger partial charge in [-0.1, -0.05) is 29.4 Å². The van der Waals surface area contributed by atoms with Crippen LogP contribution >= 0.6 is 23.4 Å². The van der Waals surface area contributed by atoms with E-state index in [2.05, 4.69) is 9.97 Å². The van der Waals surface area contributed by atoms with Crippen molar-refractivity contribution in [2.45, 2.75) is 17.0 Å². The molecule has 0 spiro atoms. The number of hydrogen-bond acceptors (Lipinski definition) is 4. The van der Waals surface area contributed by atoms with Crippen molar-refractivity contribution in [1.29, 1.82) is 0 Å². The van der Waals surface area contributed by atoms with Gasteiger partial charge in [-0.25, -0.2) is 4.98 Å². The van der Waals surface area contributed by atoms with Gasteiger partial charge in [-0.05, 0) is 19.1 Å². The van der Waals surface area contributed by atoms with Crippen LogP contribution in [0.1, 0.15) is 17.3 Å². The highest BCUT2D eigenvalue weighted by molar-refractivity contribution is 7.99. The van der Waals surface area contributed by atoms with Gasteiger partial charge in [0.2, 0.25) is 0 Å². The third kappa shape index (κ3) is 3.00. The zero-order chi connectivity index (χ0) is 13.1. The van der Waals surface area contributed by atoms with Gasteiger partial charge >= 0.3 is 0 Å². The van der Waals surface area contributed by atoms with Crippen LogP contribution in [-0.4, -0.2) is 15.8 Å². The number of benzene rings is 1. The predicted molar refractivity (Wildman–Crippen MR) is 70.4 cm³/mol. The molecular formula is C12H9ClN2O2S. The van der Waals surface area contributed by atoms with Gasteiger partial charge in [0.15, 0.2) is 10.9 Å². The van der Waals surface area contributed by atoms with E-state index in [-0.39, 0.29) is 11.3 Å². The molecule has 2 aromatic rings. The Labute approximate surface area is 112 Å². The first kappa shape index (κ1) is 12.9. The van der Waals surface area contributed by atoms with Crippen LogP contribution in [0, 0.1) is 0 Å². The van der Waals surface area contributed by atoms with Crippen molar-refractivity contribution in [3.05, 3.63) is 51.4 Å². The van der Waals surface area contributed by atoms with E-state index >= 15 is 0 Å². The number of aromatic amines is 1. The number of H-pyrrole nitrogens is 1. The monoisotopic (exact) mass is 280 g/mol. The van der Waals surface area contributed by atoms with Gasteiger partial charge in [-0.15, -0.1) is 0 Å². The first-order chi connectivity index (χ1) is 8.56. The third-order valence-electron chi connectivity index (χ3n) is 2.19. The molecular weight excluding hydrogens is 272 g/mol. The first-order valence-electron chi connectivity index (χ1n) is 5.10. The Hall–Kier alpha value is -1.59. The number of nitrogens with one attached hydrogen (secondary N) is 1. The lowest BCUT2D eigenvalue weighted by Crippen LogP contribution is -2.05. The molecule has 0 aliphatic rings. The maximum Gasteiger partial charge on any atom is 0.251 e. The van der Waals surface area contributed by atoms with Crippen LogP contribution in [0.3, 0.4) is 0 Å². The second-order valence-electron chi connectivity index (χ2n) is 3.54. The maximum atomic E-state index is 11.2. The average Bonchev–Trinajstić information content (AvgIpc) is 2.31. The molecule has 0 fully saturated rings. The number of hydrogen-bond donors (Lipinski definition) is 1. The van der Waals surface area contributed by atoms with Crippen molar-refractivity contribution in [2.24, 2.45) is 0 Å². The van der Waals surface area contributed by atoms with Crippen LogP contribution in [-0.2, 0) is 0 Å². The van der Waals surface area contributed by atoms with Gasteiger partial charge in [0.25, 0.3) is 5.56 Å². The highest BCUT2D eigenvalue weighted by atomic mass is 35.5. The van der Waals surface area contributed by atoms with Crippen molar-refractivity contribution in [2.75, 3.05) is 0 Å². The lowest BCUT2D eigenvalue weighted by atomic mass is 10.1. The van der Waals surface area contributed by atoms with E-state index in [0.717, 1.165) is 4.90 Å². The molecule has 0 unspecified atom stereocenters. The number of carbonyl (C=O) groups excluding carboxylic acids is 1. The van der Waals surface area contributed by atoms with Gasteiger partial charge in [-0.3, -0.25) is 9.59 Å². The summed E-state index contributed by atoms with van der Waals surface area (Å²) in [6.45, 7) is 1.48. The summed E-state index contributed by atoms with van der Waals surface area (Å²) in [5, 5.41) is 0.916. The van der Waals surface area contributed by atoms with Crippen molar-refractivity contribution < 1.29 is 4.79 Å². The maximum absolute atomic E-state index is 11.2. The van der Waals surface area contributed by atoms with Crippen LogP contribution < -0.4 is 5.56 Å². The minimum Gasteiger partial charge on any atom is -0.301 e. The van der Waals surface area contributed by atoms with Gasteiger partial charge in [-0.2, -0.15) is 0 Å². The smallest absolute Gasteiger partial charge is 0.251 e. The fraction of sp³-hybridized carbons (Fsp3) is 0.0833. The summed E-state index contributed by atoms with van der Waals surface area (Å²) in [4.78, 5) is 29.6. The predicted octanol–water partition coefficient (Wildman–Crippen LogP) is 2.78. The number of halogens is 1. The minimum absolute atomic E-state index is 0.0420. The molecule has 1 N–H and O–H groups in total. The molecule has 0 saturated carbocycles. The van der Waals surface area contributed by atoms with Gasteiger partial charge in [0.05, 0.1) is 5.02 Å². The number of carbonyl (C=O) groups is 1. The molecule has 0 saturated heterocycles. The van der Waals surface area contributed by atoms with Crippen molar-refractivity contribution in [3.8, 4) is 0 Å². The number of ketones is 1. The SMILES string of the molecule is CC(=O)c1ccc(Sc2nccc(=O)[nH]2)c(Cl)c1. The number of nitrogens with zero attached hydrogens (tertiary/aromatic N) is 1. The summed E-state index contributed by atoms with van der Waals surface area (Å²) in [5.74, 6) is -0.0420. The Balaban J connectivity index is 2.30. The second kappa shape index (κ2) is 5.37. The van der Waals surface area contributed by atoms with Crippen molar-refractivity contribution >= 4 is 29.1 Å². The van der Waals surface area contributed by atoms with E-state index in [1.165, 1.54) is 30.9 Å². The molecule has 6 heteroatoms. The van der Waals surface area contributed by atoms with Crippen LogP contribution in [0.4, 0.5) is 0 Å². The summed E-state index contributed by atoms with van der Waals surface area (Å²) in [6, 6.07) is 6.37. The molecule has 0 radical (unpaired) electrons. The van der Waals surface area contributed by atoms with Gasteiger partial charge < -0.3 is 4.98 Å². The molecule has 92 valence electrons. The quantitative estimate of drug-likeness (QED) is 0.694. The molecule has 0 aliphatic heterocycles. The number of rotatable bonds is 3. The summed E-state index contributed by atoms with van der Waals surface area (Å²) in [7, 11) is 0. The second-order valence-corrected chi connectivity index (χ2v) is 4.98. The van der Waals surface area contributed by atoms with E-state index in [0.29, 0.717) is 15.7 Å². The fourth-order valence-electron chi connectivity index (χ4n) is 1.31. The summed E-state index contributed by atoms with van der Waals surface area (Å²) in [6.07, 6.45) is 1.43. The van der Waals surface area contributed by atoms with Crippen LogP contribution in [0.2, 0.25) is 5.02 Å². The third-order valence-corrected chi connectivity index (χ3v) is 3.59. The van der Waals surface area contributed by atoms with Crippen LogP contribution in [0.25, 0.3) is 0 Å². The summed E-state index contributed by atoms with van der Waals surface area (Å²) >= 11 is 7.31. The normalized spacial score (nSPS) is 10.3. The van der Waals surface area contributed by atoms with Gasteiger partial charge in [0, 0.05) is 22.7 Å². The number of Topliss-reactive ketones (excluding diaryl/α,β-unsaturated/α-hetero) is 1. The van der Waals surface area contributed by atoms with E-state index in [9.17, 15) is 9.59 Å². The highest BCUT2D eigenvalue weighted by Gasteiger charge is 2.07. The zero-order valence-corrected chi connectivity index (χ0v) is 11.0. The Morgan fingerprint density at radius 2 is 2.17 bits per heavy atom. The molecule has 1 aromatic carbocycles. The van der Waals surface area contributed by atoms with Crippen LogP contribution in [0.5, 0.6) is 0 Å². The van der Waals surface area contributed by atoms with Crippen molar-refractivity contribution in [1.82, 2.24) is 9.97 Å². The number of aromatic nitrogens is 2. The van der Waals surface area contributed by atoms with Crippen molar-refractivity contribution in [3.63, 3.8) is 0 Å². The average molecular weight is 281 g/mol. The van der Waals surface area contributed by atoms with E-state index in [1.54, 1.807) is 18.2 Å². The fourth-order valence-corrected chi connectivity index (χ4v) is 2.37. The van der Waals surface area contributed by atoms with Crippen LogP contribution in [0.15, 0.2) is 45.3 Å². The molecule has 0 bridgehead atoms. The highest BCUT2D eigenvalue weighted by Crippen LogP contribution is 2.31. The van der Waals surface area contributed by atoms with E-state index in [4.69, 9.17) is 11.6 Å². The van der Waals surface area contributed by atoms with E-state index in [1.807, 2.05) is 0 Å². The Bertz CT molecular complexity index is 655. The minimum atomic E-state index is -0.219. The largest absolute Gasteiger partial charge is 0.301 e. The molecule has 2 rings (SSSR count). The molecule has 4 nitrogen and oxygen atoms in total. The summed E-state index contributed by atoms with van der Waals surface area (Å²) in [5.41, 5.74) is 0.336. The molecule has 0 atom stereocenters. The molecule has 0 amide bonds. The van der Waals surface area contributed by atoms with E-state index < -0.39 is 0 Å². The standard InChI is InChI=1S/C12H9ClN2O2S/c1-7(16)8-2-3-10(9(13)6-8)18-12-14-5-4-11(17)15-12/h2-6H,1H3,(H,14,15,17).